The zero-order valence-corrected chi connectivity index (χ0v) is 11.4. The van der Waals surface area contributed by atoms with Crippen molar-refractivity contribution in [3.63, 3.8) is 0 Å². The van der Waals surface area contributed by atoms with E-state index >= 15 is 0 Å². The molecule has 2 atom stereocenters. The van der Waals surface area contributed by atoms with Gasteiger partial charge in [0.25, 0.3) is 0 Å². The third kappa shape index (κ3) is 3.49. The molecule has 2 unspecified atom stereocenters. The molecule has 1 saturated heterocycles. The van der Waals surface area contributed by atoms with Crippen LogP contribution in [0.4, 0.5) is 0 Å². The topological polar surface area (TPSA) is 12.2 Å². The van der Waals surface area contributed by atoms with Crippen LogP contribution in [0.15, 0.2) is 54.6 Å². The summed E-state index contributed by atoms with van der Waals surface area (Å²) in [6, 6.07) is 18.5. The lowest BCUT2D eigenvalue weighted by atomic mass is 10.2. The standard InChI is InChI=1S/C16H16ClNO/c17-14-8-6-13(7-9-14)10-18-11-15(18)12-19-16-4-2-1-3-5-16/h1-9,15H,10-12H2. The smallest absolute Gasteiger partial charge is 0.119 e. The molecule has 3 heteroatoms. The summed E-state index contributed by atoms with van der Waals surface area (Å²) >= 11 is 5.88. The molecule has 0 radical (unpaired) electrons. The van der Waals surface area contributed by atoms with Gasteiger partial charge in [-0.25, -0.2) is 0 Å². The van der Waals surface area contributed by atoms with Crippen LogP contribution in [0.3, 0.4) is 0 Å². The fourth-order valence-corrected chi connectivity index (χ4v) is 2.23. The highest BCUT2D eigenvalue weighted by atomic mass is 35.5. The van der Waals surface area contributed by atoms with Gasteiger partial charge < -0.3 is 4.74 Å². The second-order valence-electron chi connectivity index (χ2n) is 4.83. The maximum Gasteiger partial charge on any atom is 0.119 e. The molecule has 3 rings (SSSR count). The maximum absolute atomic E-state index is 5.88. The molecule has 1 fully saturated rings. The van der Waals surface area contributed by atoms with E-state index in [1.807, 2.05) is 42.5 Å². The van der Waals surface area contributed by atoms with Crippen molar-refractivity contribution in [3.05, 3.63) is 65.2 Å². The van der Waals surface area contributed by atoms with E-state index in [-0.39, 0.29) is 0 Å². The lowest BCUT2D eigenvalue weighted by molar-refractivity contribution is 0.293. The average molecular weight is 274 g/mol. The van der Waals surface area contributed by atoms with Gasteiger partial charge in [-0.15, -0.1) is 0 Å². The average Bonchev–Trinajstić information content (AvgIpc) is 3.19. The first kappa shape index (κ1) is 12.5. The summed E-state index contributed by atoms with van der Waals surface area (Å²) in [5, 5.41) is 0.790. The molecule has 0 aromatic heterocycles. The minimum absolute atomic E-state index is 0.538. The zero-order valence-electron chi connectivity index (χ0n) is 10.6. The number of rotatable bonds is 5. The Morgan fingerprint density at radius 1 is 1.05 bits per heavy atom. The fourth-order valence-electron chi connectivity index (χ4n) is 2.11. The molecule has 2 nitrogen and oxygen atoms in total. The number of ether oxygens (including phenoxy) is 1. The van der Waals surface area contributed by atoms with Gasteiger partial charge in [-0.2, -0.15) is 0 Å². The first-order valence-electron chi connectivity index (χ1n) is 6.47. The minimum atomic E-state index is 0.538. The minimum Gasteiger partial charge on any atom is -0.492 e. The molecule has 98 valence electrons. The fraction of sp³-hybridized carbons (Fsp3) is 0.250. The lowest BCUT2D eigenvalue weighted by Gasteiger charge is -2.07. The van der Waals surface area contributed by atoms with Gasteiger partial charge in [0.15, 0.2) is 0 Å². The number of nitrogens with zero attached hydrogens (tertiary/aromatic N) is 1. The second-order valence-corrected chi connectivity index (χ2v) is 5.27. The van der Waals surface area contributed by atoms with Crippen LogP contribution in [0.1, 0.15) is 5.56 Å². The van der Waals surface area contributed by atoms with Crippen molar-refractivity contribution in [3.8, 4) is 5.75 Å². The molecular weight excluding hydrogens is 258 g/mol. The molecule has 0 aliphatic carbocycles. The highest BCUT2D eigenvalue weighted by Crippen LogP contribution is 2.23. The summed E-state index contributed by atoms with van der Waals surface area (Å²) in [5.74, 6) is 0.945. The Morgan fingerprint density at radius 2 is 1.79 bits per heavy atom. The largest absolute Gasteiger partial charge is 0.492 e. The van der Waals surface area contributed by atoms with E-state index in [1.54, 1.807) is 0 Å². The van der Waals surface area contributed by atoms with Crippen molar-refractivity contribution in [2.24, 2.45) is 0 Å². The van der Waals surface area contributed by atoms with E-state index in [4.69, 9.17) is 16.3 Å². The van der Waals surface area contributed by atoms with Crippen LogP contribution >= 0.6 is 11.6 Å². The summed E-state index contributed by atoms with van der Waals surface area (Å²) in [4.78, 5) is 2.40. The van der Waals surface area contributed by atoms with Gasteiger partial charge in [0.05, 0.1) is 6.04 Å². The van der Waals surface area contributed by atoms with E-state index in [1.165, 1.54) is 5.56 Å². The monoisotopic (exact) mass is 273 g/mol. The Morgan fingerprint density at radius 3 is 2.53 bits per heavy atom. The van der Waals surface area contributed by atoms with Gasteiger partial charge in [0, 0.05) is 18.1 Å². The first-order valence-corrected chi connectivity index (χ1v) is 6.85. The van der Waals surface area contributed by atoms with Gasteiger partial charge in [0.1, 0.15) is 12.4 Å². The van der Waals surface area contributed by atoms with Crippen molar-refractivity contribution in [1.82, 2.24) is 4.90 Å². The van der Waals surface area contributed by atoms with Gasteiger partial charge in [0.2, 0.25) is 0 Å². The van der Waals surface area contributed by atoms with Gasteiger partial charge in [-0.3, -0.25) is 4.90 Å². The molecule has 0 spiro atoms. The summed E-state index contributed by atoms with van der Waals surface area (Å²) in [7, 11) is 0. The number of hydrogen-bond acceptors (Lipinski definition) is 2. The summed E-state index contributed by atoms with van der Waals surface area (Å²) in [6.07, 6.45) is 0. The van der Waals surface area contributed by atoms with Crippen molar-refractivity contribution in [2.45, 2.75) is 12.6 Å². The summed E-state index contributed by atoms with van der Waals surface area (Å²) in [5.41, 5.74) is 1.30. The molecule has 0 bridgehead atoms. The third-order valence-electron chi connectivity index (χ3n) is 3.31. The van der Waals surface area contributed by atoms with Crippen LogP contribution in [0, 0.1) is 0 Å². The van der Waals surface area contributed by atoms with E-state index in [2.05, 4.69) is 17.0 Å². The van der Waals surface area contributed by atoms with Crippen molar-refractivity contribution < 1.29 is 4.74 Å². The maximum atomic E-state index is 5.88. The highest BCUT2D eigenvalue weighted by molar-refractivity contribution is 6.30. The molecule has 0 N–H and O–H groups in total. The van der Waals surface area contributed by atoms with Gasteiger partial charge in [-0.1, -0.05) is 41.9 Å². The van der Waals surface area contributed by atoms with Crippen LogP contribution in [0.25, 0.3) is 0 Å². The molecule has 2 aromatic carbocycles. The SMILES string of the molecule is Clc1ccc(CN2CC2COc2ccccc2)cc1. The van der Waals surface area contributed by atoms with Crippen LogP contribution in [0.2, 0.25) is 5.02 Å². The van der Waals surface area contributed by atoms with Gasteiger partial charge >= 0.3 is 0 Å². The van der Waals surface area contributed by atoms with E-state index in [0.717, 1.165) is 30.5 Å². The van der Waals surface area contributed by atoms with Crippen LogP contribution < -0.4 is 4.74 Å². The number of halogens is 1. The lowest BCUT2D eigenvalue weighted by Crippen LogP contribution is -2.10. The number of hydrogen-bond donors (Lipinski definition) is 0. The van der Waals surface area contributed by atoms with Crippen LogP contribution in [-0.4, -0.2) is 24.1 Å². The summed E-state index contributed by atoms with van der Waals surface area (Å²) < 4.78 is 5.75. The van der Waals surface area contributed by atoms with E-state index < -0.39 is 0 Å². The van der Waals surface area contributed by atoms with Crippen molar-refractivity contribution in [2.75, 3.05) is 13.2 Å². The Hall–Kier alpha value is -1.51. The van der Waals surface area contributed by atoms with E-state index in [0.29, 0.717) is 6.04 Å². The highest BCUT2D eigenvalue weighted by Gasteiger charge is 2.34. The molecule has 1 aliphatic rings. The molecular formula is C16H16ClNO. The molecule has 1 heterocycles. The molecule has 19 heavy (non-hydrogen) atoms. The van der Waals surface area contributed by atoms with E-state index in [9.17, 15) is 0 Å². The molecule has 0 saturated carbocycles. The molecule has 2 aromatic rings. The Labute approximate surface area is 118 Å². The normalized spacial score (nSPS) is 21.1. The predicted molar refractivity (Wildman–Crippen MR) is 77.6 cm³/mol. The third-order valence-corrected chi connectivity index (χ3v) is 3.56. The number of para-hydroxylation sites is 1. The Balaban J connectivity index is 1.45. The zero-order chi connectivity index (χ0) is 13.1. The van der Waals surface area contributed by atoms with Crippen molar-refractivity contribution >= 4 is 11.6 Å². The predicted octanol–water partition coefficient (Wildman–Crippen LogP) is 3.60. The van der Waals surface area contributed by atoms with Crippen LogP contribution in [0.5, 0.6) is 5.75 Å². The second kappa shape index (κ2) is 5.64. The summed E-state index contributed by atoms with van der Waals surface area (Å²) in [6.45, 7) is 2.84. The van der Waals surface area contributed by atoms with Crippen LogP contribution in [-0.2, 0) is 6.54 Å². The Bertz CT molecular complexity index is 526. The Kier molecular flexibility index (Phi) is 3.72. The number of benzene rings is 2. The molecule has 0 amide bonds. The first-order chi connectivity index (χ1) is 9.31. The van der Waals surface area contributed by atoms with Gasteiger partial charge in [-0.05, 0) is 29.8 Å². The molecule has 1 aliphatic heterocycles. The quantitative estimate of drug-likeness (QED) is 0.772. The van der Waals surface area contributed by atoms with Crippen molar-refractivity contribution in [1.29, 1.82) is 0 Å².